The Morgan fingerprint density at radius 3 is 2.32 bits per heavy atom. The summed E-state index contributed by atoms with van der Waals surface area (Å²) in [7, 11) is -1.61. The van der Waals surface area contributed by atoms with Crippen molar-refractivity contribution in [2.75, 3.05) is 0 Å². The zero-order chi connectivity index (χ0) is 15.4. The van der Waals surface area contributed by atoms with Gasteiger partial charge in [-0.15, -0.1) is 0 Å². The Hall–Kier alpha value is -2.07. The molecule has 0 aromatic heterocycles. The summed E-state index contributed by atoms with van der Waals surface area (Å²) in [4.78, 5) is 25.8. The molecule has 3 aliphatic rings. The van der Waals surface area contributed by atoms with E-state index in [4.69, 9.17) is 0 Å². The lowest BCUT2D eigenvalue weighted by molar-refractivity contribution is -0.115. The van der Waals surface area contributed by atoms with Crippen LogP contribution in [0.25, 0.3) is 0 Å². The van der Waals surface area contributed by atoms with Gasteiger partial charge in [-0.1, -0.05) is 29.8 Å². The van der Waals surface area contributed by atoms with Crippen LogP contribution in [-0.4, -0.2) is 15.8 Å². The summed E-state index contributed by atoms with van der Waals surface area (Å²) in [6.07, 6.45) is 6.09. The molecule has 3 aliphatic carbocycles. The SMILES string of the molecule is Cc1ccc([S@](=O)C2=CC(=O)C3=C(C2=O)[C@@H]2C=C[C@H]3C2)cc1. The maximum Gasteiger partial charge on any atom is 0.199 e. The maximum absolute atomic E-state index is 12.7. The smallest absolute Gasteiger partial charge is 0.199 e. The summed E-state index contributed by atoms with van der Waals surface area (Å²) < 4.78 is 12.7. The van der Waals surface area contributed by atoms with Gasteiger partial charge in [-0.25, -0.2) is 4.21 Å². The number of hydrogen-bond donors (Lipinski definition) is 0. The average molecular weight is 310 g/mol. The van der Waals surface area contributed by atoms with Crippen LogP contribution in [0.4, 0.5) is 0 Å². The van der Waals surface area contributed by atoms with E-state index in [-0.39, 0.29) is 28.3 Å². The molecule has 0 saturated carbocycles. The van der Waals surface area contributed by atoms with Gasteiger partial charge in [0, 0.05) is 34.0 Å². The third-order valence-electron chi connectivity index (χ3n) is 4.55. The van der Waals surface area contributed by atoms with E-state index in [0.29, 0.717) is 16.0 Å². The molecule has 1 aromatic rings. The standard InChI is InChI=1S/C18H14O3S/c1-10-2-6-13(7-3-10)22(21)15-9-14(19)16-11-4-5-12(8-11)17(16)18(15)20/h2-7,9,11-12H,8H2,1H3/t11-,12+,22-/m0/s1. The first-order valence-electron chi connectivity index (χ1n) is 7.28. The molecule has 3 atom stereocenters. The van der Waals surface area contributed by atoms with E-state index in [0.717, 1.165) is 12.0 Å². The van der Waals surface area contributed by atoms with E-state index >= 15 is 0 Å². The summed E-state index contributed by atoms with van der Waals surface area (Å²) in [5.74, 6) is -0.274. The molecule has 0 aliphatic heterocycles. The normalized spacial score (nSPS) is 27.2. The molecule has 22 heavy (non-hydrogen) atoms. The van der Waals surface area contributed by atoms with Crippen LogP contribution in [0.15, 0.2) is 63.4 Å². The Morgan fingerprint density at radius 2 is 1.64 bits per heavy atom. The van der Waals surface area contributed by atoms with Crippen LogP contribution in [-0.2, 0) is 20.4 Å². The predicted molar refractivity (Wildman–Crippen MR) is 83.4 cm³/mol. The number of benzene rings is 1. The minimum Gasteiger partial charge on any atom is -0.290 e. The van der Waals surface area contributed by atoms with Gasteiger partial charge in [0.25, 0.3) is 0 Å². The number of ketones is 2. The van der Waals surface area contributed by atoms with Crippen LogP contribution in [0, 0.1) is 18.8 Å². The highest BCUT2D eigenvalue weighted by Crippen LogP contribution is 2.47. The fraction of sp³-hybridized carbons (Fsp3) is 0.222. The van der Waals surface area contributed by atoms with Gasteiger partial charge in [0.05, 0.1) is 15.7 Å². The van der Waals surface area contributed by atoms with Crippen LogP contribution in [0.5, 0.6) is 0 Å². The molecule has 1 aromatic carbocycles. The van der Waals surface area contributed by atoms with Crippen LogP contribution >= 0.6 is 0 Å². The Labute approximate surface area is 130 Å². The zero-order valence-electron chi connectivity index (χ0n) is 12.0. The van der Waals surface area contributed by atoms with Gasteiger partial charge in [0.2, 0.25) is 0 Å². The number of aryl methyl sites for hydroxylation is 1. The molecule has 3 nitrogen and oxygen atoms in total. The van der Waals surface area contributed by atoms with E-state index in [1.165, 1.54) is 6.08 Å². The first-order valence-corrected chi connectivity index (χ1v) is 8.43. The molecule has 110 valence electrons. The molecular weight excluding hydrogens is 296 g/mol. The minimum atomic E-state index is -1.61. The fourth-order valence-electron chi connectivity index (χ4n) is 3.45. The van der Waals surface area contributed by atoms with Crippen molar-refractivity contribution >= 4 is 22.4 Å². The lowest BCUT2D eigenvalue weighted by atomic mass is 9.87. The predicted octanol–water partition coefficient (Wildman–Crippen LogP) is 2.64. The van der Waals surface area contributed by atoms with E-state index in [1.54, 1.807) is 12.1 Å². The number of carbonyl (C=O) groups is 2. The van der Waals surface area contributed by atoms with Crippen molar-refractivity contribution < 1.29 is 13.8 Å². The summed E-state index contributed by atoms with van der Waals surface area (Å²) in [6, 6.07) is 7.20. The topological polar surface area (TPSA) is 51.2 Å². The van der Waals surface area contributed by atoms with Gasteiger partial charge in [-0.3, -0.25) is 9.59 Å². The lowest BCUT2D eigenvalue weighted by Crippen LogP contribution is -2.24. The summed E-state index contributed by atoms with van der Waals surface area (Å²) in [6.45, 7) is 1.94. The molecule has 4 rings (SSSR count). The Balaban J connectivity index is 1.72. The first kappa shape index (κ1) is 13.6. The van der Waals surface area contributed by atoms with Gasteiger partial charge in [-0.2, -0.15) is 0 Å². The van der Waals surface area contributed by atoms with Gasteiger partial charge in [0.15, 0.2) is 11.6 Å². The summed E-state index contributed by atoms with van der Waals surface area (Å²) >= 11 is 0. The van der Waals surface area contributed by atoms with E-state index in [1.807, 2.05) is 31.2 Å². The van der Waals surface area contributed by atoms with Crippen molar-refractivity contribution in [1.82, 2.24) is 0 Å². The number of rotatable bonds is 2. The fourth-order valence-corrected chi connectivity index (χ4v) is 4.58. The maximum atomic E-state index is 12.7. The number of hydrogen-bond acceptors (Lipinski definition) is 3. The molecule has 0 spiro atoms. The Kier molecular flexibility index (Phi) is 2.91. The number of carbonyl (C=O) groups excluding carboxylic acids is 2. The number of Topliss-reactive ketones (excluding diaryl/α,β-unsaturated/α-hetero) is 1. The molecule has 0 radical (unpaired) electrons. The highest BCUT2D eigenvalue weighted by atomic mass is 32.2. The largest absolute Gasteiger partial charge is 0.290 e. The Morgan fingerprint density at radius 1 is 1.00 bits per heavy atom. The van der Waals surface area contributed by atoms with E-state index < -0.39 is 10.8 Å². The van der Waals surface area contributed by atoms with Gasteiger partial charge < -0.3 is 0 Å². The molecule has 0 amide bonds. The van der Waals surface area contributed by atoms with Gasteiger partial charge in [-0.05, 0) is 25.5 Å². The second-order valence-corrected chi connectivity index (χ2v) is 7.39. The number of fused-ring (bicyclic) bond motifs is 4. The lowest BCUT2D eigenvalue weighted by Gasteiger charge is -2.19. The van der Waals surface area contributed by atoms with Crippen LogP contribution in [0.3, 0.4) is 0 Å². The summed E-state index contributed by atoms with van der Waals surface area (Å²) in [5.41, 5.74) is 2.27. The highest BCUT2D eigenvalue weighted by Gasteiger charge is 2.45. The molecule has 0 N–H and O–H groups in total. The van der Waals surface area contributed by atoms with Crippen molar-refractivity contribution in [3.8, 4) is 0 Å². The average Bonchev–Trinajstić information content (AvgIpc) is 3.12. The molecule has 0 unspecified atom stereocenters. The van der Waals surface area contributed by atoms with Crippen molar-refractivity contribution in [2.24, 2.45) is 11.8 Å². The quantitative estimate of drug-likeness (QED) is 0.623. The molecule has 0 saturated heterocycles. The van der Waals surface area contributed by atoms with Crippen molar-refractivity contribution in [1.29, 1.82) is 0 Å². The van der Waals surface area contributed by atoms with Gasteiger partial charge in [0.1, 0.15) is 0 Å². The van der Waals surface area contributed by atoms with Crippen LogP contribution in [0.1, 0.15) is 12.0 Å². The zero-order valence-corrected chi connectivity index (χ0v) is 12.9. The van der Waals surface area contributed by atoms with E-state index in [2.05, 4.69) is 0 Å². The molecular formula is C18H14O3S. The van der Waals surface area contributed by atoms with Crippen LogP contribution in [0.2, 0.25) is 0 Å². The molecule has 4 heteroatoms. The minimum absolute atomic E-state index is 0.0233. The monoisotopic (exact) mass is 310 g/mol. The third kappa shape index (κ3) is 1.83. The molecule has 2 bridgehead atoms. The van der Waals surface area contributed by atoms with Crippen molar-refractivity contribution in [2.45, 2.75) is 18.2 Å². The van der Waals surface area contributed by atoms with Crippen molar-refractivity contribution in [3.05, 3.63) is 64.1 Å². The third-order valence-corrected chi connectivity index (χ3v) is 5.95. The highest BCUT2D eigenvalue weighted by molar-refractivity contribution is 7.90. The number of allylic oxidation sites excluding steroid dienone is 6. The first-order chi connectivity index (χ1) is 10.6. The van der Waals surface area contributed by atoms with Crippen molar-refractivity contribution in [3.63, 3.8) is 0 Å². The van der Waals surface area contributed by atoms with Crippen LogP contribution < -0.4 is 0 Å². The molecule has 0 heterocycles. The second-order valence-electron chi connectivity index (χ2n) is 5.94. The van der Waals surface area contributed by atoms with Gasteiger partial charge >= 0.3 is 0 Å². The molecule has 0 fully saturated rings. The Bertz CT molecular complexity index is 824. The second kappa shape index (κ2) is 4.71. The van der Waals surface area contributed by atoms with E-state index in [9.17, 15) is 13.8 Å². The summed E-state index contributed by atoms with van der Waals surface area (Å²) in [5, 5.41) is 0.